The quantitative estimate of drug-likeness (QED) is 0.557. The normalized spacial score (nSPS) is 8.00. The van der Waals surface area contributed by atoms with Gasteiger partial charge in [-0.1, -0.05) is 25.7 Å². The minimum absolute atomic E-state index is 0.166. The van der Waals surface area contributed by atoms with E-state index in [2.05, 4.69) is 21.3 Å². The average molecular weight is 232 g/mol. The number of carbonyl (C=O) groups is 1. The van der Waals surface area contributed by atoms with Gasteiger partial charge in [0.25, 0.3) is 0 Å². The van der Waals surface area contributed by atoms with Gasteiger partial charge in [0, 0.05) is 0 Å². The molecule has 0 bridgehead atoms. The first-order valence-electron chi connectivity index (χ1n) is 5.19. The van der Waals surface area contributed by atoms with Crippen LogP contribution in [-0.4, -0.2) is 42.8 Å². The summed E-state index contributed by atoms with van der Waals surface area (Å²) in [5.74, 6) is 4.51. The number of carbonyl (C=O) groups excluding carboxylic acids is 1. The molecule has 0 rings (SSSR count). The Labute approximate surface area is 96.4 Å². The van der Waals surface area contributed by atoms with Crippen LogP contribution in [0.5, 0.6) is 0 Å². The van der Waals surface area contributed by atoms with Gasteiger partial charge in [-0.15, -0.1) is 0 Å². The minimum Gasteiger partial charge on any atom is -0.434 e. The monoisotopic (exact) mass is 232 g/mol. The summed E-state index contributed by atoms with van der Waals surface area (Å²) in [4.78, 5) is 10.5. The third-order valence-corrected chi connectivity index (χ3v) is 1.13. The van der Waals surface area contributed by atoms with Crippen molar-refractivity contribution in [3.63, 3.8) is 0 Å². The molecule has 5 nitrogen and oxygen atoms in total. The van der Waals surface area contributed by atoms with Crippen molar-refractivity contribution in [3.8, 4) is 11.8 Å². The Balaban J connectivity index is 0. The molecular formula is C11H20O5. The zero-order valence-electron chi connectivity index (χ0n) is 9.86. The fourth-order valence-corrected chi connectivity index (χ4v) is 0.524. The van der Waals surface area contributed by atoms with E-state index >= 15 is 0 Å². The van der Waals surface area contributed by atoms with E-state index in [1.54, 1.807) is 0 Å². The molecule has 0 spiro atoms. The van der Waals surface area contributed by atoms with Gasteiger partial charge in [-0.3, -0.25) is 0 Å². The molecule has 0 unspecified atom stereocenters. The van der Waals surface area contributed by atoms with Crippen molar-refractivity contribution in [3.05, 3.63) is 0 Å². The number of hydrogen-bond acceptors (Lipinski definition) is 5. The van der Waals surface area contributed by atoms with Crippen molar-refractivity contribution in [1.82, 2.24) is 0 Å². The van der Waals surface area contributed by atoms with Crippen LogP contribution in [0.15, 0.2) is 0 Å². The molecule has 0 aliphatic carbocycles. The molecule has 0 saturated carbocycles. The Bertz CT molecular complexity index is 186. The van der Waals surface area contributed by atoms with Gasteiger partial charge in [0.1, 0.15) is 13.2 Å². The Kier molecular flexibility index (Phi) is 17.4. The lowest BCUT2D eigenvalue weighted by Gasteiger charge is -2.02. The lowest BCUT2D eigenvalue weighted by molar-refractivity contribution is 0.0555. The summed E-state index contributed by atoms with van der Waals surface area (Å²) in [6, 6.07) is 0. The van der Waals surface area contributed by atoms with E-state index in [0.717, 1.165) is 12.8 Å². The molecule has 2 N–H and O–H groups in total. The summed E-state index contributed by atoms with van der Waals surface area (Å²) < 4.78 is 9.26. The van der Waals surface area contributed by atoms with Crippen molar-refractivity contribution in [2.45, 2.75) is 26.7 Å². The van der Waals surface area contributed by atoms with Crippen LogP contribution >= 0.6 is 0 Å². The van der Waals surface area contributed by atoms with E-state index < -0.39 is 6.16 Å². The Morgan fingerprint density at radius 3 is 1.62 bits per heavy atom. The van der Waals surface area contributed by atoms with E-state index in [0.29, 0.717) is 13.2 Å². The van der Waals surface area contributed by atoms with Crippen molar-refractivity contribution < 1.29 is 24.5 Å². The largest absolute Gasteiger partial charge is 0.508 e. The molecule has 0 amide bonds. The lowest BCUT2D eigenvalue weighted by atomic mass is 10.5. The van der Waals surface area contributed by atoms with Gasteiger partial charge in [0.15, 0.2) is 0 Å². The summed E-state index contributed by atoms with van der Waals surface area (Å²) in [5.41, 5.74) is 0. The summed E-state index contributed by atoms with van der Waals surface area (Å²) in [6.07, 6.45) is 1.12. The number of hydrogen-bond donors (Lipinski definition) is 2. The lowest BCUT2D eigenvalue weighted by Crippen LogP contribution is -2.08. The Morgan fingerprint density at radius 2 is 1.38 bits per heavy atom. The fourth-order valence-electron chi connectivity index (χ4n) is 0.524. The maximum absolute atomic E-state index is 10.5. The predicted molar refractivity (Wildman–Crippen MR) is 59.8 cm³/mol. The first-order chi connectivity index (χ1) is 7.72. The summed E-state index contributed by atoms with van der Waals surface area (Å²) in [5, 5.41) is 15.8. The van der Waals surface area contributed by atoms with Gasteiger partial charge in [-0.25, -0.2) is 4.79 Å². The van der Waals surface area contributed by atoms with Crippen LogP contribution in [0, 0.1) is 11.8 Å². The van der Waals surface area contributed by atoms with Gasteiger partial charge < -0.3 is 19.7 Å². The summed E-state index contributed by atoms with van der Waals surface area (Å²) in [6.45, 7) is 4.44. The molecule has 0 radical (unpaired) electrons. The van der Waals surface area contributed by atoms with Crippen molar-refractivity contribution in [1.29, 1.82) is 0 Å². The highest BCUT2D eigenvalue weighted by Gasteiger charge is 1.99. The summed E-state index contributed by atoms with van der Waals surface area (Å²) in [7, 11) is 0. The molecule has 0 aliphatic heterocycles. The van der Waals surface area contributed by atoms with Crippen LogP contribution in [0.2, 0.25) is 0 Å². The summed E-state index contributed by atoms with van der Waals surface area (Å²) >= 11 is 0. The molecule has 0 aliphatic rings. The zero-order chi connectivity index (χ0) is 12.6. The Morgan fingerprint density at radius 1 is 1.00 bits per heavy atom. The van der Waals surface area contributed by atoms with Gasteiger partial charge in [0.05, 0.1) is 13.2 Å². The van der Waals surface area contributed by atoms with Crippen molar-refractivity contribution in [2.75, 3.05) is 26.4 Å². The first-order valence-corrected chi connectivity index (χ1v) is 5.19. The second-order valence-corrected chi connectivity index (χ2v) is 2.62. The molecular weight excluding hydrogens is 212 g/mol. The molecule has 0 aromatic carbocycles. The third-order valence-electron chi connectivity index (χ3n) is 1.13. The first kappa shape index (κ1) is 17.2. The Hall–Kier alpha value is -1.25. The van der Waals surface area contributed by atoms with Crippen LogP contribution < -0.4 is 0 Å². The van der Waals surface area contributed by atoms with E-state index in [9.17, 15) is 4.79 Å². The van der Waals surface area contributed by atoms with E-state index in [1.807, 2.05) is 13.8 Å². The van der Waals surface area contributed by atoms with E-state index in [1.165, 1.54) is 0 Å². The SMILES string of the molecule is CCCOC(=O)OCCC.OCC#CCO. The van der Waals surface area contributed by atoms with E-state index in [-0.39, 0.29) is 13.2 Å². The maximum atomic E-state index is 10.5. The second-order valence-electron chi connectivity index (χ2n) is 2.62. The van der Waals surface area contributed by atoms with Gasteiger partial charge in [-0.2, -0.15) is 0 Å². The highest BCUT2D eigenvalue weighted by molar-refractivity contribution is 5.59. The average Bonchev–Trinajstić information content (AvgIpc) is 2.32. The molecule has 5 heteroatoms. The molecule has 0 heterocycles. The molecule has 16 heavy (non-hydrogen) atoms. The van der Waals surface area contributed by atoms with Crippen LogP contribution in [0.4, 0.5) is 4.79 Å². The van der Waals surface area contributed by atoms with Crippen LogP contribution in [0.1, 0.15) is 26.7 Å². The molecule has 0 aromatic heterocycles. The van der Waals surface area contributed by atoms with Crippen LogP contribution in [-0.2, 0) is 9.47 Å². The molecule has 0 saturated heterocycles. The maximum Gasteiger partial charge on any atom is 0.508 e. The standard InChI is InChI=1S/C7H14O3.C4H6O2/c1-3-5-9-7(8)10-6-4-2;5-3-1-2-4-6/h3-6H2,1-2H3;5-6H,3-4H2. The number of ether oxygens (including phenoxy) is 2. The number of rotatable bonds is 4. The van der Waals surface area contributed by atoms with Crippen LogP contribution in [0.25, 0.3) is 0 Å². The highest BCUT2D eigenvalue weighted by atomic mass is 16.7. The van der Waals surface area contributed by atoms with Crippen molar-refractivity contribution >= 4 is 6.16 Å². The van der Waals surface area contributed by atoms with Gasteiger partial charge in [0.2, 0.25) is 0 Å². The van der Waals surface area contributed by atoms with Crippen molar-refractivity contribution in [2.24, 2.45) is 0 Å². The molecule has 0 atom stereocenters. The topological polar surface area (TPSA) is 76.0 Å². The van der Waals surface area contributed by atoms with Crippen LogP contribution in [0.3, 0.4) is 0 Å². The number of aliphatic hydroxyl groups excluding tert-OH is 2. The van der Waals surface area contributed by atoms with Gasteiger partial charge in [-0.05, 0) is 12.8 Å². The van der Waals surface area contributed by atoms with Gasteiger partial charge >= 0.3 is 6.16 Å². The highest BCUT2D eigenvalue weighted by Crippen LogP contribution is 1.88. The molecule has 0 fully saturated rings. The molecule has 94 valence electrons. The minimum atomic E-state index is -0.552. The predicted octanol–water partition coefficient (Wildman–Crippen LogP) is 0.934. The number of aliphatic hydroxyl groups is 2. The van der Waals surface area contributed by atoms with E-state index in [4.69, 9.17) is 10.2 Å². The molecule has 0 aromatic rings. The third kappa shape index (κ3) is 18.5. The second kappa shape index (κ2) is 16.2. The zero-order valence-corrected chi connectivity index (χ0v) is 9.86. The smallest absolute Gasteiger partial charge is 0.434 e. The fraction of sp³-hybridized carbons (Fsp3) is 0.727.